The highest BCUT2D eigenvalue weighted by atomic mass is 16.5. The summed E-state index contributed by atoms with van der Waals surface area (Å²) in [6.45, 7) is 2.28. The summed E-state index contributed by atoms with van der Waals surface area (Å²) in [6, 6.07) is 3.72. The van der Waals surface area contributed by atoms with Gasteiger partial charge < -0.3 is 14.0 Å². The van der Waals surface area contributed by atoms with Crippen molar-refractivity contribution in [3.8, 4) is 5.88 Å². The zero-order chi connectivity index (χ0) is 13.8. The van der Waals surface area contributed by atoms with Gasteiger partial charge in [0.25, 0.3) is 0 Å². The number of hydrogen-bond donors (Lipinski definition) is 0. The van der Waals surface area contributed by atoms with Gasteiger partial charge in [0.05, 0.1) is 27.0 Å². The van der Waals surface area contributed by atoms with Gasteiger partial charge in [-0.15, -0.1) is 0 Å². The third-order valence-electron chi connectivity index (χ3n) is 2.82. The molecule has 0 fully saturated rings. The van der Waals surface area contributed by atoms with Crippen LogP contribution in [0.25, 0.3) is 0 Å². The molecular weight excluding hydrogens is 246 g/mol. The van der Waals surface area contributed by atoms with Crippen LogP contribution in [0.4, 0.5) is 0 Å². The average molecular weight is 261 g/mol. The Kier molecular flexibility index (Phi) is 3.79. The molecule has 0 radical (unpaired) electrons. The number of methoxy groups -OCH3 is 2. The number of aromatic nitrogens is 3. The molecule has 2 aromatic heterocycles. The van der Waals surface area contributed by atoms with Crippen LogP contribution >= 0.6 is 0 Å². The Morgan fingerprint density at radius 3 is 2.84 bits per heavy atom. The van der Waals surface area contributed by atoms with Crippen molar-refractivity contribution < 1.29 is 14.3 Å². The predicted molar refractivity (Wildman–Crippen MR) is 68.2 cm³/mol. The molecule has 2 rings (SSSR count). The summed E-state index contributed by atoms with van der Waals surface area (Å²) in [4.78, 5) is 19.9. The summed E-state index contributed by atoms with van der Waals surface area (Å²) in [5.41, 5.74) is 1.28. The quantitative estimate of drug-likeness (QED) is 0.779. The first-order chi connectivity index (χ1) is 9.17. The van der Waals surface area contributed by atoms with Gasteiger partial charge in [0.1, 0.15) is 11.5 Å². The first-order valence-corrected chi connectivity index (χ1v) is 5.75. The van der Waals surface area contributed by atoms with Crippen LogP contribution in [-0.2, 0) is 11.3 Å². The minimum Gasteiger partial charge on any atom is -0.481 e. The van der Waals surface area contributed by atoms with Gasteiger partial charge in [0.15, 0.2) is 0 Å². The van der Waals surface area contributed by atoms with Gasteiger partial charge in [0.2, 0.25) is 5.88 Å². The number of imidazole rings is 1. The normalized spacial score (nSPS) is 10.3. The number of pyridine rings is 1. The van der Waals surface area contributed by atoms with Crippen molar-refractivity contribution in [1.82, 2.24) is 14.5 Å². The maximum Gasteiger partial charge on any atom is 0.356 e. The Balaban J connectivity index is 2.38. The number of hydrogen-bond acceptors (Lipinski definition) is 5. The summed E-state index contributed by atoms with van der Waals surface area (Å²) in [6.07, 6.45) is 3.16. The molecule has 6 nitrogen and oxygen atoms in total. The summed E-state index contributed by atoms with van der Waals surface area (Å²) in [5, 5.41) is 0. The van der Waals surface area contributed by atoms with E-state index in [1.807, 2.05) is 19.1 Å². The summed E-state index contributed by atoms with van der Waals surface area (Å²) in [7, 11) is 2.91. The fourth-order valence-corrected chi connectivity index (χ4v) is 1.83. The molecule has 0 bridgehead atoms. The van der Waals surface area contributed by atoms with E-state index in [2.05, 4.69) is 9.97 Å². The number of rotatable bonds is 4. The Bertz CT molecular complexity index is 593. The highest BCUT2D eigenvalue weighted by Gasteiger charge is 2.16. The van der Waals surface area contributed by atoms with Crippen molar-refractivity contribution in [3.05, 3.63) is 41.6 Å². The molecule has 100 valence electrons. The third-order valence-corrected chi connectivity index (χ3v) is 2.82. The van der Waals surface area contributed by atoms with E-state index in [9.17, 15) is 4.79 Å². The molecule has 0 amide bonds. The minimum absolute atomic E-state index is 0.408. The SMILES string of the molecule is COC(=O)c1cnc(C)n1Cc1cccnc1OC. The van der Waals surface area contributed by atoms with Crippen LogP contribution in [0.2, 0.25) is 0 Å². The molecule has 0 atom stereocenters. The highest BCUT2D eigenvalue weighted by molar-refractivity contribution is 5.87. The van der Waals surface area contributed by atoms with Gasteiger partial charge in [-0.05, 0) is 13.0 Å². The lowest BCUT2D eigenvalue weighted by molar-refractivity contribution is 0.0588. The zero-order valence-corrected chi connectivity index (χ0v) is 11.1. The molecule has 6 heteroatoms. The molecule has 0 aliphatic heterocycles. The maximum atomic E-state index is 11.7. The first-order valence-electron chi connectivity index (χ1n) is 5.75. The van der Waals surface area contributed by atoms with Crippen molar-refractivity contribution >= 4 is 5.97 Å². The lowest BCUT2D eigenvalue weighted by Gasteiger charge is -2.11. The monoisotopic (exact) mass is 261 g/mol. The molecule has 2 heterocycles. The topological polar surface area (TPSA) is 66.2 Å². The standard InChI is InChI=1S/C13H15N3O3/c1-9-15-7-11(13(17)19-3)16(9)8-10-5-4-6-14-12(10)18-2/h4-7H,8H2,1-3H3. The van der Waals surface area contributed by atoms with E-state index in [0.717, 1.165) is 11.4 Å². The molecule has 0 aliphatic rings. The van der Waals surface area contributed by atoms with Gasteiger partial charge in [0, 0.05) is 11.8 Å². The smallest absolute Gasteiger partial charge is 0.356 e. The Labute approximate surface area is 111 Å². The highest BCUT2D eigenvalue weighted by Crippen LogP contribution is 2.17. The molecular formula is C13H15N3O3. The lowest BCUT2D eigenvalue weighted by Crippen LogP contribution is -2.13. The molecule has 0 N–H and O–H groups in total. The van der Waals surface area contributed by atoms with E-state index in [0.29, 0.717) is 18.1 Å². The molecule has 0 unspecified atom stereocenters. The molecule has 0 saturated heterocycles. The predicted octanol–water partition coefficient (Wildman–Crippen LogP) is 1.43. The molecule has 0 saturated carbocycles. The number of esters is 1. The number of nitrogens with zero attached hydrogens (tertiary/aromatic N) is 3. The van der Waals surface area contributed by atoms with E-state index >= 15 is 0 Å². The largest absolute Gasteiger partial charge is 0.481 e. The third kappa shape index (κ3) is 2.57. The molecule has 0 aliphatic carbocycles. The van der Waals surface area contributed by atoms with E-state index in [-0.39, 0.29) is 0 Å². The van der Waals surface area contributed by atoms with Crippen molar-refractivity contribution in [3.63, 3.8) is 0 Å². The van der Waals surface area contributed by atoms with E-state index in [1.165, 1.54) is 13.3 Å². The Hall–Kier alpha value is -2.37. The lowest BCUT2D eigenvalue weighted by atomic mass is 10.2. The summed E-state index contributed by atoms with van der Waals surface area (Å²) < 4.78 is 11.7. The Morgan fingerprint density at radius 1 is 1.37 bits per heavy atom. The number of carbonyl (C=O) groups is 1. The fourth-order valence-electron chi connectivity index (χ4n) is 1.83. The number of ether oxygens (including phenoxy) is 2. The zero-order valence-electron chi connectivity index (χ0n) is 11.1. The van der Waals surface area contributed by atoms with E-state index in [1.54, 1.807) is 17.9 Å². The second-order valence-corrected chi connectivity index (χ2v) is 3.94. The van der Waals surface area contributed by atoms with Gasteiger partial charge in [-0.3, -0.25) is 0 Å². The number of carbonyl (C=O) groups excluding carboxylic acids is 1. The minimum atomic E-state index is -0.413. The van der Waals surface area contributed by atoms with Crippen LogP contribution < -0.4 is 4.74 Å². The van der Waals surface area contributed by atoms with E-state index in [4.69, 9.17) is 9.47 Å². The average Bonchev–Trinajstić information content (AvgIpc) is 2.80. The molecule has 2 aromatic rings. The molecule has 0 spiro atoms. The van der Waals surface area contributed by atoms with Crippen molar-refractivity contribution in [1.29, 1.82) is 0 Å². The molecule has 19 heavy (non-hydrogen) atoms. The van der Waals surface area contributed by atoms with Crippen molar-refractivity contribution in [2.24, 2.45) is 0 Å². The van der Waals surface area contributed by atoms with Gasteiger partial charge >= 0.3 is 5.97 Å². The van der Waals surface area contributed by atoms with Crippen LogP contribution in [0, 0.1) is 6.92 Å². The Morgan fingerprint density at radius 2 is 2.16 bits per heavy atom. The first kappa shape index (κ1) is 13.1. The second kappa shape index (κ2) is 5.51. The van der Waals surface area contributed by atoms with Crippen LogP contribution in [0.1, 0.15) is 21.9 Å². The summed E-state index contributed by atoms with van der Waals surface area (Å²) in [5.74, 6) is 0.848. The van der Waals surface area contributed by atoms with Crippen molar-refractivity contribution in [2.45, 2.75) is 13.5 Å². The summed E-state index contributed by atoms with van der Waals surface area (Å²) >= 11 is 0. The van der Waals surface area contributed by atoms with E-state index < -0.39 is 5.97 Å². The van der Waals surface area contributed by atoms with Gasteiger partial charge in [-0.25, -0.2) is 14.8 Å². The van der Waals surface area contributed by atoms with Crippen molar-refractivity contribution in [2.75, 3.05) is 14.2 Å². The van der Waals surface area contributed by atoms with Crippen LogP contribution in [0.3, 0.4) is 0 Å². The van der Waals surface area contributed by atoms with Gasteiger partial charge in [-0.2, -0.15) is 0 Å². The number of aryl methyl sites for hydroxylation is 1. The maximum absolute atomic E-state index is 11.7. The second-order valence-electron chi connectivity index (χ2n) is 3.94. The van der Waals surface area contributed by atoms with Crippen LogP contribution in [0.15, 0.2) is 24.5 Å². The fraction of sp³-hybridized carbons (Fsp3) is 0.308. The van der Waals surface area contributed by atoms with Crippen LogP contribution in [0.5, 0.6) is 5.88 Å². The van der Waals surface area contributed by atoms with Crippen LogP contribution in [-0.4, -0.2) is 34.7 Å². The van der Waals surface area contributed by atoms with Gasteiger partial charge in [-0.1, -0.05) is 6.07 Å². The molecule has 0 aromatic carbocycles.